The molecule has 8 heterocycles. The second-order valence-electron chi connectivity index (χ2n) is 37.1. The number of aliphatic hydroxyl groups excluding tert-OH is 2. The van der Waals surface area contributed by atoms with Gasteiger partial charge in [-0.2, -0.15) is 0 Å². The Labute approximate surface area is 712 Å². The highest BCUT2D eigenvalue weighted by Gasteiger charge is 2.52. The Bertz CT molecular complexity index is 3050. The third kappa shape index (κ3) is 27.0. The largest absolute Gasteiger partial charge is 0.392 e. The van der Waals surface area contributed by atoms with Crippen molar-refractivity contribution in [2.24, 2.45) is 107 Å². The van der Waals surface area contributed by atoms with E-state index in [-0.39, 0.29) is 133 Å². The molecule has 40 atom stereocenters. The van der Waals surface area contributed by atoms with Crippen LogP contribution in [0.2, 0.25) is 26.2 Å². The number of hydrogen-bond donors (Lipinski definition) is 2. The lowest BCUT2D eigenvalue weighted by Gasteiger charge is -2.45. The molecule has 2 aromatic carbocycles. The van der Waals surface area contributed by atoms with Crippen molar-refractivity contribution in [2.45, 2.75) is 353 Å². The van der Waals surface area contributed by atoms with Crippen LogP contribution in [0.15, 0.2) is 60.7 Å². The van der Waals surface area contributed by atoms with Crippen molar-refractivity contribution < 1.29 is 112 Å². The lowest BCUT2D eigenvalue weighted by atomic mass is 9.79. The highest BCUT2D eigenvalue weighted by molar-refractivity contribution is 6.65. The van der Waals surface area contributed by atoms with Crippen LogP contribution >= 0.6 is 0 Å². The summed E-state index contributed by atoms with van der Waals surface area (Å²) in [4.78, 5) is 0. The zero-order valence-electron chi connectivity index (χ0n) is 77.8. The van der Waals surface area contributed by atoms with E-state index in [1.165, 1.54) is 0 Å². The van der Waals surface area contributed by atoms with E-state index in [2.05, 4.69) is 144 Å². The van der Waals surface area contributed by atoms with Gasteiger partial charge in [0.1, 0.15) is 36.6 Å². The molecule has 0 radical (unpaired) electrons. The van der Waals surface area contributed by atoms with Crippen LogP contribution < -0.4 is 0 Å². The van der Waals surface area contributed by atoms with E-state index in [4.69, 9.17) is 93.5 Å². The Morgan fingerprint density at radius 1 is 0.288 bits per heavy atom. The van der Waals surface area contributed by atoms with Crippen molar-refractivity contribution in [3.8, 4) is 0 Å². The van der Waals surface area contributed by atoms with E-state index in [0.717, 1.165) is 36.8 Å². The lowest BCUT2D eigenvalue weighted by molar-refractivity contribution is -0.308. The molecule has 118 heavy (non-hydrogen) atoms. The summed E-state index contributed by atoms with van der Waals surface area (Å²) in [5, 5.41) is 21.1. The molecule has 22 nitrogen and oxygen atoms in total. The predicted octanol–water partition coefficient (Wildman–Crippen LogP) is 17.5. The van der Waals surface area contributed by atoms with Crippen LogP contribution in [0.4, 0.5) is 8.78 Å². The molecule has 2 N–H and O–H groups in total. The Balaban J connectivity index is 0.000000219. The molecule has 10 rings (SSSR count). The highest BCUT2D eigenvalue weighted by Crippen LogP contribution is 2.44. The van der Waals surface area contributed by atoms with Crippen LogP contribution in [0.25, 0.3) is 0 Å². The predicted molar refractivity (Wildman–Crippen MR) is 456 cm³/mol. The average molecular weight is 1710 g/mol. The summed E-state index contributed by atoms with van der Waals surface area (Å²) in [6.07, 6.45) is -5.18. The molecule has 26 heteroatoms. The molecular weight excluding hydrogens is 1550 g/mol. The van der Waals surface area contributed by atoms with E-state index in [0.29, 0.717) is 87.0 Å². The molecule has 16 unspecified atom stereocenters. The summed E-state index contributed by atoms with van der Waals surface area (Å²) < 4.78 is 149. The van der Waals surface area contributed by atoms with Gasteiger partial charge in [0.25, 0.3) is 0 Å². The third-order valence-electron chi connectivity index (χ3n) is 29.1. The Kier molecular flexibility index (Phi) is 42.0. The molecule has 0 amide bonds. The topological polar surface area (TPSA) is 225 Å². The molecule has 0 bridgehead atoms. The normalized spacial score (nSPS) is 43.1. The van der Waals surface area contributed by atoms with Crippen molar-refractivity contribution in [2.75, 3.05) is 54.9 Å². The van der Waals surface area contributed by atoms with Crippen LogP contribution in [0.5, 0.6) is 0 Å². The minimum Gasteiger partial charge on any atom is -0.392 e. The van der Waals surface area contributed by atoms with Gasteiger partial charge in [-0.1, -0.05) is 213 Å². The molecule has 684 valence electrons. The summed E-state index contributed by atoms with van der Waals surface area (Å²) in [7, 11) is 1.44. The summed E-state index contributed by atoms with van der Waals surface area (Å²) in [6, 6.07) is 20.2. The van der Waals surface area contributed by atoms with Gasteiger partial charge in [0, 0.05) is 40.3 Å². The Hall–Kier alpha value is -2.15. The van der Waals surface area contributed by atoms with E-state index < -0.39 is 79.4 Å². The molecule has 0 aliphatic carbocycles. The van der Waals surface area contributed by atoms with Crippen LogP contribution in [-0.2, 0) is 107 Å². The molecule has 0 saturated carbocycles. The standard InChI is InChI=1S/C27H45FO6Si.C25H40O6.C21H41FO5Si.C19H36O5/c1-9-22-17(2)19(4)24(26(28)32-22)34-35(7,8)31-16-23-18(3)20(5)25(27(29-6)33-23)30-15-21-13-11-10-12-14-21;1-7-20-15(2)17(4)22(26)24(30-20)29-14-21-16(3)18(5)23(25(27-6)31-21)28-13-19-11-9-8-10-12-19;1-10-17-14(4)15(5)19(20(22)25-17)27-28(8,9)24-11-18-13(3)12(2)16(6)21(23-7)26-18;1-8-15-12(4)13(5)17(20)19(23-15)22-9-16-11(3)10(2)14(6)18(21-7)24-16/h10-14,17-20,22-27H,9,15-16H2,1-8H3;8-12,15-18,20-26H,7,13-14H2,1-6H3;12-21H,10-11H2,1-9H3;10-20H,8-9H2,1-7H3/t17-,18-,19-,20-,22?,23?,24?,25?,26-,27-;15-,16-,17-,18-,20?,21?,22?,23?,24+,25-;12-,13-,14-,15-,16?,17?,18?,19?,20+,21-;10-,11-,12-,13-,14?,15?,16?,17?,18-,19-/m0000/s1. The fraction of sp³-hybridized carbons (Fsp3) is 0.870. The van der Waals surface area contributed by atoms with Gasteiger partial charge in [-0.05, 0) is 158 Å². The van der Waals surface area contributed by atoms with Crippen molar-refractivity contribution in [1.29, 1.82) is 0 Å². The van der Waals surface area contributed by atoms with Gasteiger partial charge in [0.05, 0.1) is 88.5 Å². The average Bonchev–Trinajstić information content (AvgIpc) is 0.811. The van der Waals surface area contributed by atoms with E-state index in [9.17, 15) is 19.0 Å². The second kappa shape index (κ2) is 48.1. The zero-order valence-corrected chi connectivity index (χ0v) is 79.8. The van der Waals surface area contributed by atoms with Gasteiger partial charge in [-0.25, -0.2) is 8.78 Å². The molecule has 0 aromatic heterocycles. The van der Waals surface area contributed by atoms with Gasteiger partial charge < -0.3 is 104 Å². The monoisotopic (exact) mass is 1710 g/mol. The van der Waals surface area contributed by atoms with Gasteiger partial charge in [-0.3, -0.25) is 0 Å². The van der Waals surface area contributed by atoms with Crippen molar-refractivity contribution >= 4 is 17.1 Å². The van der Waals surface area contributed by atoms with Crippen LogP contribution in [0, 0.1) is 107 Å². The molecular formula is C92H162F2O22Si2. The third-order valence-corrected chi connectivity index (χ3v) is 32.5. The summed E-state index contributed by atoms with van der Waals surface area (Å²) in [5.41, 5.74) is 2.24. The molecule has 8 aliphatic heterocycles. The first-order valence-corrected chi connectivity index (χ1v) is 50.6. The first-order chi connectivity index (χ1) is 55.8. The summed E-state index contributed by atoms with van der Waals surface area (Å²) in [5.74, 6) is 4.64. The maximum Gasteiger partial charge on any atom is 0.332 e. The fourth-order valence-electron chi connectivity index (χ4n) is 18.3. The molecule has 2 aromatic rings. The molecule has 8 fully saturated rings. The smallest absolute Gasteiger partial charge is 0.332 e. The fourth-order valence-corrected chi connectivity index (χ4v) is 21.6. The number of aliphatic hydroxyl groups is 2. The maximum absolute atomic E-state index is 14.8. The maximum atomic E-state index is 14.8. The number of methoxy groups -OCH3 is 4. The minimum atomic E-state index is -2.65. The number of benzene rings is 2. The van der Waals surface area contributed by atoms with E-state index in [1.54, 1.807) is 28.4 Å². The molecule has 0 spiro atoms. The first kappa shape index (κ1) is 103. The van der Waals surface area contributed by atoms with Crippen molar-refractivity contribution in [1.82, 2.24) is 0 Å². The van der Waals surface area contributed by atoms with Crippen LogP contribution in [0.3, 0.4) is 0 Å². The zero-order chi connectivity index (χ0) is 87.5. The van der Waals surface area contributed by atoms with Crippen molar-refractivity contribution in [3.63, 3.8) is 0 Å². The Morgan fingerprint density at radius 3 is 0.847 bits per heavy atom. The lowest BCUT2D eigenvalue weighted by Crippen LogP contribution is -2.55. The van der Waals surface area contributed by atoms with Gasteiger partial charge in [0.15, 0.2) is 37.7 Å². The summed E-state index contributed by atoms with van der Waals surface area (Å²) in [6.45, 7) is 57.2. The highest BCUT2D eigenvalue weighted by atomic mass is 28.4. The molecule has 8 saturated heterocycles. The first-order valence-electron chi connectivity index (χ1n) is 44.9. The van der Waals surface area contributed by atoms with E-state index in [1.807, 2.05) is 95.5 Å². The number of ether oxygens (including phenoxy) is 16. The van der Waals surface area contributed by atoms with Gasteiger partial charge >= 0.3 is 17.1 Å². The quantitative estimate of drug-likeness (QED) is 0.0693. The molecule has 8 aliphatic rings. The minimum absolute atomic E-state index is 0.0457. The van der Waals surface area contributed by atoms with Crippen LogP contribution in [0.1, 0.15) is 189 Å². The number of alkyl halides is 2. The van der Waals surface area contributed by atoms with E-state index >= 15 is 0 Å². The van der Waals surface area contributed by atoms with Gasteiger partial charge in [0.2, 0.25) is 12.7 Å². The van der Waals surface area contributed by atoms with Crippen LogP contribution in [-0.4, -0.2) is 218 Å². The van der Waals surface area contributed by atoms with Gasteiger partial charge in [-0.15, -0.1) is 0 Å². The Morgan fingerprint density at radius 2 is 0.542 bits per heavy atom. The van der Waals surface area contributed by atoms with Crippen molar-refractivity contribution in [3.05, 3.63) is 71.8 Å². The SMILES string of the molecule is CCC1O[C@@H](F)C(O[Si](C)(C)OCC2O[C@H](OC)C(C)[C@@H](C)[C@@H]2C)[C@@H](C)[C@@H]1C.CCC1O[C@@H](OCC2O[C@H](OC)C(OCc3ccccc3)[C@@H](C)[C@@H]2C)C(O)[C@@H](C)[C@@H]1C.CCC1O[C@H](F)C(O[Si](C)(C)OCC2O[C@H](OC)C(OCc3ccccc3)[C@@H](C)[C@@H]2C)[C@@H](C)[C@@H]1C.CCC1O[C@H](OCC2O[C@H](OC)C(C)[C@@H](C)[C@@H]2C)C(O)[C@@H](C)[C@@H]1C. The summed E-state index contributed by atoms with van der Waals surface area (Å²) >= 11 is 0. The second-order valence-corrected chi connectivity index (χ2v) is 43.8. The number of halogens is 2. The number of hydrogen-bond acceptors (Lipinski definition) is 22. The number of rotatable bonds is 30.